The van der Waals surface area contributed by atoms with Crippen molar-refractivity contribution in [2.45, 2.75) is 46.7 Å². The van der Waals surface area contributed by atoms with Crippen molar-refractivity contribution in [2.75, 3.05) is 46.4 Å². The first-order valence-corrected chi connectivity index (χ1v) is 11.2. The molecule has 2 N–H and O–H groups in total. The summed E-state index contributed by atoms with van der Waals surface area (Å²) in [5.74, 6) is 1.93. The van der Waals surface area contributed by atoms with Crippen LogP contribution in [0.1, 0.15) is 39.7 Å². The topological polar surface area (TPSA) is 69.2 Å². The Hall–Kier alpha value is -2.28. The highest BCUT2D eigenvalue weighted by Crippen LogP contribution is 2.14. The fourth-order valence-electron chi connectivity index (χ4n) is 3.55. The SMILES string of the molecule is CCN(CC)CCOc1ccc(CNC(=NC)NC2CCN(C(=O)C(C)C)C2)cc1. The van der Waals surface area contributed by atoms with Crippen LogP contribution >= 0.6 is 0 Å². The van der Waals surface area contributed by atoms with Gasteiger partial charge in [0.1, 0.15) is 12.4 Å². The number of likely N-dealkylation sites (N-methyl/N-ethyl adjacent to an activating group) is 1. The predicted octanol–water partition coefficient (Wildman–Crippen LogP) is 2.33. The zero-order valence-corrected chi connectivity index (χ0v) is 19.3. The Labute approximate surface area is 181 Å². The molecule has 0 spiro atoms. The van der Waals surface area contributed by atoms with Crippen LogP contribution < -0.4 is 15.4 Å². The molecule has 1 amide bonds. The average Bonchev–Trinajstić information content (AvgIpc) is 3.22. The second-order valence-electron chi connectivity index (χ2n) is 8.01. The van der Waals surface area contributed by atoms with Crippen LogP contribution in [0.25, 0.3) is 0 Å². The fourth-order valence-corrected chi connectivity index (χ4v) is 3.55. The lowest BCUT2D eigenvalue weighted by molar-refractivity contribution is -0.133. The van der Waals surface area contributed by atoms with Crippen LogP contribution in [0, 0.1) is 5.92 Å². The van der Waals surface area contributed by atoms with E-state index in [4.69, 9.17) is 4.74 Å². The molecule has 1 aliphatic heterocycles. The number of benzene rings is 1. The minimum Gasteiger partial charge on any atom is -0.492 e. The fraction of sp³-hybridized carbons (Fsp3) is 0.652. The minimum atomic E-state index is 0.0466. The highest BCUT2D eigenvalue weighted by molar-refractivity contribution is 5.81. The molecule has 1 aromatic rings. The van der Waals surface area contributed by atoms with Crippen LogP contribution in [0.2, 0.25) is 0 Å². The van der Waals surface area contributed by atoms with Crippen LogP contribution in [-0.2, 0) is 11.3 Å². The lowest BCUT2D eigenvalue weighted by Crippen LogP contribution is -2.45. The third kappa shape index (κ3) is 7.52. The zero-order chi connectivity index (χ0) is 21.9. The maximum Gasteiger partial charge on any atom is 0.225 e. The van der Waals surface area contributed by atoms with Crippen molar-refractivity contribution in [1.29, 1.82) is 0 Å². The van der Waals surface area contributed by atoms with Crippen molar-refractivity contribution in [2.24, 2.45) is 10.9 Å². The predicted molar refractivity (Wildman–Crippen MR) is 123 cm³/mol. The van der Waals surface area contributed by atoms with Gasteiger partial charge in [0.25, 0.3) is 0 Å². The highest BCUT2D eigenvalue weighted by Gasteiger charge is 2.27. The quantitative estimate of drug-likeness (QED) is 0.452. The second-order valence-corrected chi connectivity index (χ2v) is 8.01. The Morgan fingerprint density at radius 3 is 2.57 bits per heavy atom. The molecule has 0 aromatic heterocycles. The number of likely N-dealkylation sites (tertiary alicyclic amines) is 1. The molecule has 1 saturated heterocycles. The summed E-state index contributed by atoms with van der Waals surface area (Å²) in [6, 6.07) is 8.42. The first kappa shape index (κ1) is 24.0. The van der Waals surface area contributed by atoms with E-state index in [9.17, 15) is 4.79 Å². The summed E-state index contributed by atoms with van der Waals surface area (Å²) in [5.41, 5.74) is 1.16. The molecule has 7 heteroatoms. The van der Waals surface area contributed by atoms with E-state index in [2.05, 4.69) is 46.5 Å². The number of carbonyl (C=O) groups excluding carboxylic acids is 1. The largest absolute Gasteiger partial charge is 0.492 e. The van der Waals surface area contributed by atoms with Gasteiger partial charge in [0, 0.05) is 45.2 Å². The van der Waals surface area contributed by atoms with Gasteiger partial charge in [-0.1, -0.05) is 39.8 Å². The highest BCUT2D eigenvalue weighted by atomic mass is 16.5. The van der Waals surface area contributed by atoms with E-state index in [0.717, 1.165) is 56.4 Å². The van der Waals surface area contributed by atoms with Crippen molar-refractivity contribution in [3.05, 3.63) is 29.8 Å². The number of amides is 1. The number of rotatable bonds is 10. The Balaban J connectivity index is 1.74. The maximum atomic E-state index is 12.2. The molecule has 1 fully saturated rings. The number of guanidine groups is 1. The second kappa shape index (κ2) is 12.4. The van der Waals surface area contributed by atoms with Crippen molar-refractivity contribution < 1.29 is 9.53 Å². The van der Waals surface area contributed by atoms with Crippen LogP contribution in [0.5, 0.6) is 5.75 Å². The summed E-state index contributed by atoms with van der Waals surface area (Å²) in [7, 11) is 1.77. The van der Waals surface area contributed by atoms with Crippen LogP contribution in [0.3, 0.4) is 0 Å². The Kier molecular flexibility index (Phi) is 9.94. The van der Waals surface area contributed by atoms with E-state index in [-0.39, 0.29) is 17.9 Å². The summed E-state index contributed by atoms with van der Waals surface area (Å²) in [5, 5.41) is 6.80. The molecule has 1 heterocycles. The zero-order valence-electron chi connectivity index (χ0n) is 19.3. The molecule has 1 aliphatic rings. The number of hydrogen-bond acceptors (Lipinski definition) is 4. The van der Waals surface area contributed by atoms with Crippen LogP contribution in [0.4, 0.5) is 0 Å². The van der Waals surface area contributed by atoms with Crippen molar-refractivity contribution in [3.63, 3.8) is 0 Å². The number of hydrogen-bond donors (Lipinski definition) is 2. The van der Waals surface area contributed by atoms with Gasteiger partial charge in [0.15, 0.2) is 5.96 Å². The van der Waals surface area contributed by atoms with E-state index >= 15 is 0 Å². The van der Waals surface area contributed by atoms with E-state index in [0.29, 0.717) is 13.2 Å². The molecular weight excluding hydrogens is 378 g/mol. The lowest BCUT2D eigenvalue weighted by Gasteiger charge is -2.20. The third-order valence-electron chi connectivity index (χ3n) is 5.51. The number of aliphatic imine (C=N–C) groups is 1. The molecule has 1 unspecified atom stereocenters. The smallest absolute Gasteiger partial charge is 0.225 e. The standard InChI is InChI=1S/C23H39N5O2/c1-6-27(7-2)14-15-30-21-10-8-19(9-11-21)16-25-23(24-5)26-20-12-13-28(17-20)22(29)18(3)4/h8-11,18,20H,6-7,12-17H2,1-5H3,(H2,24,25,26). The summed E-state index contributed by atoms with van der Waals surface area (Å²) in [6.45, 7) is 14.2. The Morgan fingerprint density at radius 2 is 1.97 bits per heavy atom. The van der Waals surface area contributed by atoms with Crippen LogP contribution in [-0.4, -0.2) is 74.1 Å². The molecule has 2 rings (SSSR count). The number of carbonyl (C=O) groups is 1. The summed E-state index contributed by atoms with van der Waals surface area (Å²) >= 11 is 0. The van der Waals surface area contributed by atoms with E-state index in [1.54, 1.807) is 7.05 Å². The van der Waals surface area contributed by atoms with E-state index < -0.39 is 0 Å². The first-order chi connectivity index (χ1) is 14.5. The molecule has 1 atom stereocenters. The average molecular weight is 418 g/mol. The van der Waals surface area contributed by atoms with E-state index in [1.807, 2.05) is 30.9 Å². The molecule has 0 radical (unpaired) electrons. The normalized spacial score (nSPS) is 17.0. The van der Waals surface area contributed by atoms with Gasteiger partial charge < -0.3 is 25.2 Å². The van der Waals surface area contributed by atoms with Gasteiger partial charge in [-0.25, -0.2) is 0 Å². The minimum absolute atomic E-state index is 0.0466. The molecule has 0 saturated carbocycles. The molecular formula is C23H39N5O2. The van der Waals surface area contributed by atoms with Gasteiger partial charge >= 0.3 is 0 Å². The summed E-state index contributed by atoms with van der Waals surface area (Å²) in [4.78, 5) is 20.8. The van der Waals surface area contributed by atoms with Crippen molar-refractivity contribution in [1.82, 2.24) is 20.4 Å². The molecule has 1 aromatic carbocycles. The van der Waals surface area contributed by atoms with Crippen LogP contribution in [0.15, 0.2) is 29.3 Å². The molecule has 7 nitrogen and oxygen atoms in total. The maximum absolute atomic E-state index is 12.2. The first-order valence-electron chi connectivity index (χ1n) is 11.2. The van der Waals surface area contributed by atoms with Gasteiger partial charge in [-0.3, -0.25) is 9.79 Å². The Bertz CT molecular complexity index is 671. The molecule has 30 heavy (non-hydrogen) atoms. The van der Waals surface area contributed by atoms with Gasteiger partial charge in [0.2, 0.25) is 5.91 Å². The van der Waals surface area contributed by atoms with E-state index in [1.165, 1.54) is 0 Å². The van der Waals surface area contributed by atoms with Gasteiger partial charge in [-0.15, -0.1) is 0 Å². The molecule has 0 bridgehead atoms. The molecule has 0 aliphatic carbocycles. The summed E-state index contributed by atoms with van der Waals surface area (Å²) < 4.78 is 5.85. The number of nitrogens with zero attached hydrogens (tertiary/aromatic N) is 3. The van der Waals surface area contributed by atoms with Gasteiger partial charge in [-0.2, -0.15) is 0 Å². The molecule has 168 valence electrons. The third-order valence-corrected chi connectivity index (χ3v) is 5.51. The Morgan fingerprint density at radius 1 is 1.27 bits per heavy atom. The van der Waals surface area contributed by atoms with Crippen molar-refractivity contribution in [3.8, 4) is 5.75 Å². The van der Waals surface area contributed by atoms with Gasteiger partial charge in [-0.05, 0) is 37.2 Å². The van der Waals surface area contributed by atoms with Crippen molar-refractivity contribution >= 4 is 11.9 Å². The number of ether oxygens (including phenoxy) is 1. The lowest BCUT2D eigenvalue weighted by atomic mass is 10.2. The van der Waals surface area contributed by atoms with Gasteiger partial charge in [0.05, 0.1) is 0 Å². The summed E-state index contributed by atoms with van der Waals surface area (Å²) in [6.07, 6.45) is 0.943. The monoisotopic (exact) mass is 417 g/mol. The number of nitrogens with one attached hydrogen (secondary N) is 2.